The molecule has 7 nitrogen and oxygen atoms in total. The van der Waals surface area contributed by atoms with Crippen LogP contribution in [0.3, 0.4) is 0 Å². The highest BCUT2D eigenvalue weighted by Gasteiger charge is 2.23. The van der Waals surface area contributed by atoms with Gasteiger partial charge in [-0.1, -0.05) is 31.2 Å². The largest absolute Gasteiger partial charge is 0.364 e. The predicted octanol–water partition coefficient (Wildman–Crippen LogP) is 3.07. The molecule has 0 radical (unpaired) electrons. The molecule has 0 aliphatic heterocycles. The van der Waals surface area contributed by atoms with Crippen molar-refractivity contribution in [3.63, 3.8) is 0 Å². The molecule has 1 amide bonds. The minimum absolute atomic E-state index is 0.0330. The highest BCUT2D eigenvalue weighted by molar-refractivity contribution is 6.02. The highest BCUT2D eigenvalue weighted by atomic mass is 19.1. The van der Waals surface area contributed by atoms with Gasteiger partial charge in [-0.25, -0.2) is 23.7 Å². The summed E-state index contributed by atoms with van der Waals surface area (Å²) < 4.78 is 16.2. The molecule has 0 aliphatic carbocycles. The fraction of sp³-hybridized carbons (Fsp3) is 0.182. The van der Waals surface area contributed by atoms with E-state index in [1.807, 2.05) is 24.3 Å². The summed E-state index contributed by atoms with van der Waals surface area (Å²) in [6.07, 6.45) is 0.885. The maximum atomic E-state index is 13.4. The third kappa shape index (κ3) is 3.16. The molecule has 0 spiro atoms. The number of benzene rings is 2. The number of hydrogen-bond acceptors (Lipinski definition) is 4. The summed E-state index contributed by atoms with van der Waals surface area (Å²) in [4.78, 5) is 34.3. The predicted molar refractivity (Wildman–Crippen MR) is 112 cm³/mol. The van der Waals surface area contributed by atoms with Gasteiger partial charge >= 0.3 is 5.69 Å². The van der Waals surface area contributed by atoms with Crippen LogP contribution < -0.4 is 11.4 Å². The number of hydrogen-bond donors (Lipinski definition) is 1. The van der Waals surface area contributed by atoms with Crippen LogP contribution in [0.1, 0.15) is 29.9 Å². The Morgan fingerprint density at radius 3 is 2.27 bits per heavy atom. The van der Waals surface area contributed by atoms with E-state index in [-0.39, 0.29) is 29.2 Å². The first kappa shape index (κ1) is 19.5. The first-order valence-electron chi connectivity index (χ1n) is 9.63. The summed E-state index contributed by atoms with van der Waals surface area (Å²) in [6, 6.07) is 13.1. The van der Waals surface area contributed by atoms with Crippen LogP contribution in [0.25, 0.3) is 28.2 Å². The zero-order valence-corrected chi connectivity index (χ0v) is 16.6. The number of nitrogens with zero attached hydrogens (tertiary/aromatic N) is 4. The van der Waals surface area contributed by atoms with E-state index in [1.165, 1.54) is 33.4 Å². The number of amides is 1. The second kappa shape index (κ2) is 7.55. The molecule has 0 unspecified atom stereocenters. The van der Waals surface area contributed by atoms with Gasteiger partial charge in [0.2, 0.25) is 0 Å². The smallest absolute Gasteiger partial charge is 0.335 e. The maximum Gasteiger partial charge on any atom is 0.335 e. The van der Waals surface area contributed by atoms with E-state index in [0.717, 1.165) is 12.0 Å². The van der Waals surface area contributed by atoms with Crippen LogP contribution in [0.4, 0.5) is 4.39 Å². The van der Waals surface area contributed by atoms with Crippen molar-refractivity contribution >= 4 is 17.1 Å². The number of fused-ring (bicyclic) bond motifs is 1. The molecule has 0 fully saturated rings. The van der Waals surface area contributed by atoms with Crippen LogP contribution in [0.15, 0.2) is 53.3 Å². The van der Waals surface area contributed by atoms with Crippen molar-refractivity contribution in [3.8, 4) is 17.1 Å². The maximum absolute atomic E-state index is 13.4. The van der Waals surface area contributed by atoms with E-state index in [0.29, 0.717) is 11.3 Å². The summed E-state index contributed by atoms with van der Waals surface area (Å²) in [5, 5.41) is 0. The van der Waals surface area contributed by atoms with Crippen molar-refractivity contribution in [2.24, 2.45) is 5.73 Å². The summed E-state index contributed by atoms with van der Waals surface area (Å²) in [5.41, 5.74) is 7.94. The third-order valence-corrected chi connectivity index (χ3v) is 5.02. The second-order valence-electron chi connectivity index (χ2n) is 6.82. The molecule has 30 heavy (non-hydrogen) atoms. The first-order valence-corrected chi connectivity index (χ1v) is 9.63. The number of carbonyl (C=O) groups is 1. The Balaban J connectivity index is 2.07. The van der Waals surface area contributed by atoms with Crippen molar-refractivity contribution in [1.29, 1.82) is 0 Å². The molecule has 4 aromatic rings. The molecular weight excluding hydrogens is 385 g/mol. The second-order valence-corrected chi connectivity index (χ2v) is 6.82. The van der Waals surface area contributed by atoms with Gasteiger partial charge in [0.15, 0.2) is 17.2 Å². The lowest BCUT2D eigenvalue weighted by Crippen LogP contribution is -2.23. The van der Waals surface area contributed by atoms with Crippen molar-refractivity contribution in [1.82, 2.24) is 19.1 Å². The van der Waals surface area contributed by atoms with Crippen LogP contribution in [0, 0.1) is 5.82 Å². The van der Waals surface area contributed by atoms with E-state index in [2.05, 4.69) is 16.9 Å². The van der Waals surface area contributed by atoms with Crippen LogP contribution >= 0.6 is 0 Å². The van der Waals surface area contributed by atoms with Gasteiger partial charge in [-0.2, -0.15) is 0 Å². The molecule has 0 saturated carbocycles. The average molecular weight is 405 g/mol. The van der Waals surface area contributed by atoms with E-state index in [9.17, 15) is 14.0 Å². The van der Waals surface area contributed by atoms with Crippen LogP contribution in [-0.2, 0) is 13.0 Å². The lowest BCUT2D eigenvalue weighted by molar-refractivity contribution is 0.0997. The normalized spacial score (nSPS) is 11.2. The van der Waals surface area contributed by atoms with Crippen LogP contribution in [-0.4, -0.2) is 25.0 Å². The van der Waals surface area contributed by atoms with Gasteiger partial charge in [0.25, 0.3) is 5.91 Å². The molecule has 2 aromatic carbocycles. The average Bonchev–Trinajstić information content (AvgIpc) is 3.04. The molecule has 0 saturated heterocycles. The summed E-state index contributed by atoms with van der Waals surface area (Å²) in [5.74, 6) is -0.898. The fourth-order valence-corrected chi connectivity index (χ4v) is 3.46. The standard InChI is InChI=1S/C22H20FN5O2/c1-3-13-5-7-14(8-6-13)20-25-17(19(24)29)18-21(26-20)28(22(30)27(18)4-2)16-11-9-15(23)10-12-16/h5-12H,3-4H2,1-2H3,(H2,24,29). The van der Waals surface area contributed by atoms with Crippen LogP contribution in [0.2, 0.25) is 0 Å². The lowest BCUT2D eigenvalue weighted by Gasteiger charge is -2.08. The number of halogens is 1. The third-order valence-electron chi connectivity index (χ3n) is 5.02. The van der Waals surface area contributed by atoms with Gasteiger partial charge < -0.3 is 5.73 Å². The van der Waals surface area contributed by atoms with Gasteiger partial charge in [-0.05, 0) is 43.2 Å². The van der Waals surface area contributed by atoms with E-state index < -0.39 is 17.4 Å². The molecule has 0 atom stereocenters. The molecule has 4 rings (SSSR count). The van der Waals surface area contributed by atoms with E-state index in [4.69, 9.17) is 5.73 Å². The number of rotatable bonds is 5. The molecule has 2 heterocycles. The molecule has 0 bridgehead atoms. The molecule has 0 aliphatic rings. The molecule has 2 N–H and O–H groups in total. The van der Waals surface area contributed by atoms with Crippen LogP contribution in [0.5, 0.6) is 0 Å². The Morgan fingerprint density at radius 2 is 1.70 bits per heavy atom. The Morgan fingerprint density at radius 1 is 1.03 bits per heavy atom. The van der Waals surface area contributed by atoms with Gasteiger partial charge in [0.05, 0.1) is 5.69 Å². The Labute approximate surface area is 171 Å². The molecule has 8 heteroatoms. The first-order chi connectivity index (χ1) is 14.4. The lowest BCUT2D eigenvalue weighted by atomic mass is 10.1. The number of nitrogens with two attached hydrogens (primary N) is 1. The van der Waals surface area contributed by atoms with Crippen molar-refractivity contribution in [2.75, 3.05) is 0 Å². The zero-order chi connectivity index (χ0) is 21.4. The van der Waals surface area contributed by atoms with Crippen molar-refractivity contribution in [3.05, 3.63) is 76.1 Å². The summed E-state index contributed by atoms with van der Waals surface area (Å²) in [6.45, 7) is 4.12. The Bertz CT molecular complexity index is 1300. The SMILES string of the molecule is CCc1ccc(-c2nc(C(N)=O)c3c(n2)n(-c2ccc(F)cc2)c(=O)n3CC)cc1. The quantitative estimate of drug-likeness (QED) is 0.552. The topological polar surface area (TPSA) is 95.8 Å². The number of aryl methyl sites for hydroxylation is 2. The highest BCUT2D eigenvalue weighted by Crippen LogP contribution is 2.24. The van der Waals surface area contributed by atoms with Crippen molar-refractivity contribution < 1.29 is 9.18 Å². The number of imidazole rings is 1. The fourth-order valence-electron chi connectivity index (χ4n) is 3.46. The Hall–Kier alpha value is -3.81. The minimum atomic E-state index is -0.757. The van der Waals surface area contributed by atoms with Crippen molar-refractivity contribution in [2.45, 2.75) is 26.8 Å². The number of carbonyl (C=O) groups excluding carboxylic acids is 1. The molecule has 152 valence electrons. The van der Waals surface area contributed by atoms with E-state index in [1.54, 1.807) is 6.92 Å². The van der Waals surface area contributed by atoms with Gasteiger partial charge in [-0.15, -0.1) is 0 Å². The minimum Gasteiger partial charge on any atom is -0.364 e. The monoisotopic (exact) mass is 405 g/mol. The zero-order valence-electron chi connectivity index (χ0n) is 16.6. The summed E-state index contributed by atoms with van der Waals surface area (Å²) >= 11 is 0. The molecule has 2 aromatic heterocycles. The van der Waals surface area contributed by atoms with Gasteiger partial charge in [-0.3, -0.25) is 9.36 Å². The Kier molecular flexibility index (Phi) is 4.91. The molecular formula is C22H20FN5O2. The van der Waals surface area contributed by atoms with E-state index >= 15 is 0 Å². The summed E-state index contributed by atoms with van der Waals surface area (Å²) in [7, 11) is 0. The van der Waals surface area contributed by atoms with Gasteiger partial charge in [0, 0.05) is 12.1 Å². The van der Waals surface area contributed by atoms with Gasteiger partial charge in [0.1, 0.15) is 11.3 Å². The number of aromatic nitrogens is 4. The number of primary amides is 1.